The van der Waals surface area contributed by atoms with E-state index < -0.39 is 0 Å². The average molecular weight is 233 g/mol. The van der Waals surface area contributed by atoms with Crippen LogP contribution >= 0.6 is 0 Å². The molecule has 1 aromatic rings. The van der Waals surface area contributed by atoms with Crippen molar-refractivity contribution in [2.45, 2.75) is 45.3 Å². The molecule has 94 valence electrons. The number of hydrogen-bond donors (Lipinski definition) is 1. The first kappa shape index (κ1) is 12.6. The van der Waals surface area contributed by atoms with Crippen LogP contribution in [-0.4, -0.2) is 19.3 Å². The molecule has 2 heteroatoms. The molecule has 0 spiro atoms. The van der Waals surface area contributed by atoms with Gasteiger partial charge in [0.25, 0.3) is 0 Å². The molecule has 1 aromatic carbocycles. The monoisotopic (exact) mass is 233 g/mol. The minimum Gasteiger partial charge on any atom is -0.376 e. The first-order chi connectivity index (χ1) is 8.29. The van der Waals surface area contributed by atoms with Crippen LogP contribution in [0.3, 0.4) is 0 Å². The van der Waals surface area contributed by atoms with Gasteiger partial charge in [0.15, 0.2) is 0 Å². The summed E-state index contributed by atoms with van der Waals surface area (Å²) >= 11 is 0. The summed E-state index contributed by atoms with van der Waals surface area (Å²) in [4.78, 5) is 0. The predicted octanol–water partition coefficient (Wildman–Crippen LogP) is 3.21. The Hall–Kier alpha value is -0.860. The first-order valence-corrected chi connectivity index (χ1v) is 6.71. The van der Waals surface area contributed by atoms with Crippen molar-refractivity contribution < 1.29 is 4.74 Å². The maximum Gasteiger partial charge on any atom is 0.0665 e. The number of aryl methyl sites for hydroxylation is 1. The molecule has 1 unspecified atom stereocenters. The van der Waals surface area contributed by atoms with Crippen LogP contribution in [0, 0.1) is 6.92 Å². The molecule has 0 aromatic heterocycles. The van der Waals surface area contributed by atoms with Crippen molar-refractivity contribution in [3.8, 4) is 0 Å². The fraction of sp³-hybridized carbons (Fsp3) is 0.600. The fourth-order valence-corrected chi connectivity index (χ4v) is 2.18. The number of rotatable bonds is 6. The van der Waals surface area contributed by atoms with Gasteiger partial charge < -0.3 is 10.1 Å². The molecule has 2 rings (SSSR count). The molecule has 0 saturated heterocycles. The highest BCUT2D eigenvalue weighted by atomic mass is 16.5. The minimum atomic E-state index is 0.334. The lowest BCUT2D eigenvalue weighted by atomic mass is 9.96. The number of benzene rings is 1. The van der Waals surface area contributed by atoms with Gasteiger partial charge >= 0.3 is 0 Å². The van der Waals surface area contributed by atoms with Crippen molar-refractivity contribution >= 4 is 0 Å². The zero-order valence-electron chi connectivity index (χ0n) is 10.9. The van der Waals surface area contributed by atoms with Crippen molar-refractivity contribution in [1.29, 1.82) is 0 Å². The number of nitrogens with one attached hydrogen (secondary N) is 1. The maximum atomic E-state index is 5.92. The predicted molar refractivity (Wildman–Crippen MR) is 71.2 cm³/mol. The summed E-state index contributed by atoms with van der Waals surface area (Å²) in [5.74, 6) is 0. The molecule has 17 heavy (non-hydrogen) atoms. The van der Waals surface area contributed by atoms with Crippen LogP contribution in [0.5, 0.6) is 0 Å². The van der Waals surface area contributed by atoms with Crippen LogP contribution in [0.25, 0.3) is 0 Å². The maximum absolute atomic E-state index is 5.92. The van der Waals surface area contributed by atoms with Gasteiger partial charge in [-0.2, -0.15) is 0 Å². The summed E-state index contributed by atoms with van der Waals surface area (Å²) in [5.41, 5.74) is 2.65. The van der Waals surface area contributed by atoms with Crippen molar-refractivity contribution in [3.63, 3.8) is 0 Å². The van der Waals surface area contributed by atoms with Crippen LogP contribution in [-0.2, 0) is 4.74 Å². The van der Waals surface area contributed by atoms with E-state index in [9.17, 15) is 0 Å². The van der Waals surface area contributed by atoms with E-state index >= 15 is 0 Å². The molecule has 0 bridgehead atoms. The van der Waals surface area contributed by atoms with Gasteiger partial charge in [0, 0.05) is 0 Å². The highest BCUT2D eigenvalue weighted by Gasteiger charge is 2.20. The van der Waals surface area contributed by atoms with Crippen molar-refractivity contribution in [3.05, 3.63) is 35.4 Å². The Morgan fingerprint density at radius 3 is 2.82 bits per heavy atom. The topological polar surface area (TPSA) is 21.3 Å². The van der Waals surface area contributed by atoms with Crippen LogP contribution in [0.2, 0.25) is 0 Å². The lowest BCUT2D eigenvalue weighted by Crippen LogP contribution is -2.30. The molecule has 0 heterocycles. The Balaban J connectivity index is 1.94. The largest absolute Gasteiger partial charge is 0.376 e. The van der Waals surface area contributed by atoms with Crippen molar-refractivity contribution in [2.24, 2.45) is 0 Å². The van der Waals surface area contributed by atoms with E-state index in [4.69, 9.17) is 4.74 Å². The van der Waals surface area contributed by atoms with Crippen molar-refractivity contribution in [1.82, 2.24) is 5.32 Å². The van der Waals surface area contributed by atoms with Crippen LogP contribution in [0.4, 0.5) is 0 Å². The second kappa shape index (κ2) is 6.18. The smallest absolute Gasteiger partial charge is 0.0665 e. The van der Waals surface area contributed by atoms with Crippen LogP contribution in [0.1, 0.15) is 43.4 Å². The highest BCUT2D eigenvalue weighted by molar-refractivity contribution is 5.25. The van der Waals surface area contributed by atoms with E-state index in [1.54, 1.807) is 0 Å². The summed E-state index contributed by atoms with van der Waals surface area (Å²) < 4.78 is 5.92. The van der Waals surface area contributed by atoms with Crippen LogP contribution in [0.15, 0.2) is 24.3 Å². The Kier molecular flexibility index (Phi) is 4.57. The zero-order chi connectivity index (χ0) is 12.1. The molecular weight excluding hydrogens is 210 g/mol. The SMILES string of the molecule is CCNC(COC1CCC1)c1cccc(C)c1. The average Bonchev–Trinajstić information content (AvgIpc) is 2.25. The van der Waals surface area contributed by atoms with Gasteiger partial charge in [0.2, 0.25) is 0 Å². The van der Waals surface area contributed by atoms with E-state index in [0.717, 1.165) is 13.2 Å². The quantitative estimate of drug-likeness (QED) is 0.814. The lowest BCUT2D eigenvalue weighted by molar-refractivity contribution is -0.00861. The third-order valence-electron chi connectivity index (χ3n) is 3.45. The normalized spacial score (nSPS) is 17.8. The van der Waals surface area contributed by atoms with E-state index in [-0.39, 0.29) is 0 Å². The molecule has 1 atom stereocenters. The third kappa shape index (κ3) is 3.55. The van der Waals surface area contributed by atoms with Crippen molar-refractivity contribution in [2.75, 3.05) is 13.2 Å². The summed E-state index contributed by atoms with van der Waals surface area (Å²) in [7, 11) is 0. The minimum absolute atomic E-state index is 0.334. The molecule has 0 aliphatic heterocycles. The number of ether oxygens (including phenoxy) is 1. The summed E-state index contributed by atoms with van der Waals surface area (Å²) in [6, 6.07) is 9.03. The summed E-state index contributed by atoms with van der Waals surface area (Å²) in [5, 5.41) is 3.50. The summed E-state index contributed by atoms with van der Waals surface area (Å²) in [6.45, 7) is 6.06. The second-order valence-corrected chi connectivity index (χ2v) is 4.91. The molecule has 1 aliphatic carbocycles. The lowest BCUT2D eigenvalue weighted by Gasteiger charge is -2.28. The summed E-state index contributed by atoms with van der Waals surface area (Å²) in [6.07, 6.45) is 4.33. The van der Waals surface area contributed by atoms with E-state index in [1.807, 2.05) is 0 Å². The first-order valence-electron chi connectivity index (χ1n) is 6.71. The Morgan fingerprint density at radius 2 is 2.24 bits per heavy atom. The highest BCUT2D eigenvalue weighted by Crippen LogP contribution is 2.24. The standard InChI is InChI=1S/C15H23NO/c1-3-16-15(11-17-14-8-5-9-14)13-7-4-6-12(2)10-13/h4,6-7,10,14-16H,3,5,8-9,11H2,1-2H3. The van der Waals surface area contributed by atoms with Gasteiger partial charge in [-0.15, -0.1) is 0 Å². The van der Waals surface area contributed by atoms with Gasteiger partial charge in [-0.1, -0.05) is 36.8 Å². The number of hydrogen-bond acceptors (Lipinski definition) is 2. The molecule has 1 saturated carbocycles. The van der Waals surface area contributed by atoms with E-state index in [2.05, 4.69) is 43.4 Å². The third-order valence-corrected chi connectivity index (χ3v) is 3.45. The van der Waals surface area contributed by atoms with Crippen LogP contribution < -0.4 is 5.32 Å². The number of likely N-dealkylation sites (N-methyl/N-ethyl adjacent to an activating group) is 1. The Labute approximate surface area is 104 Å². The Bertz CT molecular complexity index is 347. The van der Waals surface area contributed by atoms with Gasteiger partial charge in [-0.25, -0.2) is 0 Å². The molecule has 2 nitrogen and oxygen atoms in total. The molecule has 1 fully saturated rings. The molecule has 1 N–H and O–H groups in total. The van der Waals surface area contributed by atoms with Gasteiger partial charge in [0.1, 0.15) is 0 Å². The Morgan fingerprint density at radius 1 is 1.41 bits per heavy atom. The van der Waals surface area contributed by atoms with E-state index in [0.29, 0.717) is 12.1 Å². The van der Waals surface area contributed by atoms with Gasteiger partial charge in [0.05, 0.1) is 18.8 Å². The molecule has 0 amide bonds. The fourth-order valence-electron chi connectivity index (χ4n) is 2.18. The molecular formula is C15H23NO. The van der Waals surface area contributed by atoms with Gasteiger partial charge in [-0.3, -0.25) is 0 Å². The van der Waals surface area contributed by atoms with Gasteiger partial charge in [-0.05, 0) is 38.3 Å². The van der Waals surface area contributed by atoms with E-state index in [1.165, 1.54) is 30.4 Å². The molecule has 1 aliphatic rings. The zero-order valence-corrected chi connectivity index (χ0v) is 10.9. The second-order valence-electron chi connectivity index (χ2n) is 4.91. The molecule has 0 radical (unpaired) electrons.